The Morgan fingerprint density at radius 3 is 2.12 bits per heavy atom. The number of anilines is 2. The molecule has 1 heterocycles. The van der Waals surface area contributed by atoms with Gasteiger partial charge in [-0.2, -0.15) is 0 Å². The number of nitrogens with zero attached hydrogens (tertiary/aromatic N) is 2. The van der Waals surface area contributed by atoms with Crippen LogP contribution < -0.4 is 4.90 Å². The molecule has 0 bridgehead atoms. The van der Waals surface area contributed by atoms with Crippen molar-refractivity contribution in [1.29, 1.82) is 0 Å². The first-order valence-electron chi connectivity index (χ1n) is 17.5. The van der Waals surface area contributed by atoms with E-state index in [1.807, 2.05) is 0 Å². The van der Waals surface area contributed by atoms with Gasteiger partial charge in [0.25, 0.3) is 0 Å². The van der Waals surface area contributed by atoms with E-state index in [9.17, 15) is 0 Å². The molecule has 0 saturated carbocycles. The van der Waals surface area contributed by atoms with Crippen molar-refractivity contribution in [3.8, 4) is 5.69 Å². The quantitative estimate of drug-likeness (QED) is 0.175. The van der Waals surface area contributed by atoms with Crippen molar-refractivity contribution in [3.63, 3.8) is 0 Å². The second-order valence-electron chi connectivity index (χ2n) is 13.7. The average Bonchev–Trinajstić information content (AvgIpc) is 3.69. The van der Waals surface area contributed by atoms with Gasteiger partial charge < -0.3 is 9.47 Å². The molecule has 0 N–H and O–H groups in total. The molecule has 50 heavy (non-hydrogen) atoms. The maximum atomic E-state index is 2.55. The van der Waals surface area contributed by atoms with Gasteiger partial charge >= 0.3 is 0 Å². The van der Waals surface area contributed by atoms with E-state index in [2.05, 4.69) is 185 Å². The summed E-state index contributed by atoms with van der Waals surface area (Å²) in [6, 6.07) is 60.4. The monoisotopic (exact) mass is 636 g/mol. The van der Waals surface area contributed by atoms with Gasteiger partial charge in [0.1, 0.15) is 0 Å². The normalized spacial score (nSPS) is 15.2. The van der Waals surface area contributed by atoms with Crippen LogP contribution >= 0.6 is 0 Å². The molecule has 0 fully saturated rings. The number of benzene rings is 8. The van der Waals surface area contributed by atoms with Crippen LogP contribution in [0.3, 0.4) is 0 Å². The zero-order chi connectivity index (χ0) is 32.8. The van der Waals surface area contributed by atoms with E-state index in [0.29, 0.717) is 0 Å². The Bertz CT molecular complexity index is 2910. The Kier molecular flexibility index (Phi) is 5.82. The van der Waals surface area contributed by atoms with Crippen LogP contribution in [-0.4, -0.2) is 10.6 Å². The van der Waals surface area contributed by atoms with Crippen molar-refractivity contribution in [2.45, 2.75) is 12.5 Å². The molecule has 2 aliphatic carbocycles. The van der Waals surface area contributed by atoms with E-state index in [-0.39, 0.29) is 6.04 Å². The Labute approximate surface area is 290 Å². The number of fused-ring (bicyclic) bond motifs is 9. The third kappa shape index (κ3) is 3.96. The predicted octanol–water partition coefficient (Wildman–Crippen LogP) is 12.6. The van der Waals surface area contributed by atoms with Gasteiger partial charge in [-0.3, -0.25) is 0 Å². The van der Waals surface area contributed by atoms with Crippen molar-refractivity contribution < 1.29 is 0 Å². The second-order valence-corrected chi connectivity index (χ2v) is 13.7. The highest BCUT2D eigenvalue weighted by Crippen LogP contribution is 2.51. The lowest BCUT2D eigenvalue weighted by Crippen LogP contribution is -2.30. The fraction of sp³-hybridized carbons (Fsp3) is 0.0417. The molecule has 1 aromatic heterocycles. The summed E-state index contributed by atoms with van der Waals surface area (Å²) in [6.45, 7) is 0. The third-order valence-corrected chi connectivity index (χ3v) is 11.0. The minimum atomic E-state index is 0.144. The largest absolute Gasteiger partial charge is 0.334 e. The minimum Gasteiger partial charge on any atom is -0.334 e. The van der Waals surface area contributed by atoms with Crippen LogP contribution in [0.4, 0.5) is 11.4 Å². The van der Waals surface area contributed by atoms with Crippen LogP contribution in [0.2, 0.25) is 0 Å². The topological polar surface area (TPSA) is 8.17 Å². The standard InChI is InChI=1S/C48H32N2/c1-2-15-35(16-3-1)49(37-23-25-40-42-19-10-14-34-27-33-13-6-7-17-39(33)48(47(34)42)44(40)30-37)38-24-26-46-43(29-38)41-18-8-9-20-45(41)50(46)36-22-21-31-11-4-5-12-32(31)28-36/h1-22,24-30,37H,23H2. The molecule has 8 aromatic carbocycles. The zero-order valence-electron chi connectivity index (χ0n) is 27.4. The number of hydrogen-bond acceptors (Lipinski definition) is 1. The zero-order valence-corrected chi connectivity index (χ0v) is 27.4. The second kappa shape index (κ2) is 10.6. The molecule has 0 radical (unpaired) electrons. The lowest BCUT2D eigenvalue weighted by molar-refractivity contribution is 0.790. The number of para-hydroxylation sites is 2. The van der Waals surface area contributed by atoms with Crippen molar-refractivity contribution >= 4 is 76.6 Å². The Morgan fingerprint density at radius 2 is 1.22 bits per heavy atom. The maximum absolute atomic E-state index is 2.55. The summed E-state index contributed by atoms with van der Waals surface area (Å²) >= 11 is 0. The van der Waals surface area contributed by atoms with Crippen molar-refractivity contribution in [1.82, 2.24) is 4.57 Å². The molecule has 2 aliphatic rings. The Balaban J connectivity index is 1.11. The highest BCUT2D eigenvalue weighted by Gasteiger charge is 2.31. The van der Waals surface area contributed by atoms with E-state index in [4.69, 9.17) is 0 Å². The molecule has 0 saturated heterocycles. The fourth-order valence-corrected chi connectivity index (χ4v) is 8.80. The Hall–Kier alpha value is -6.38. The van der Waals surface area contributed by atoms with Crippen LogP contribution in [0.1, 0.15) is 17.5 Å². The number of aromatic nitrogens is 1. The Morgan fingerprint density at radius 1 is 0.480 bits per heavy atom. The number of rotatable bonds is 4. The average molecular weight is 637 g/mol. The van der Waals surface area contributed by atoms with Crippen LogP contribution in [0.15, 0.2) is 176 Å². The molecule has 0 aliphatic heterocycles. The van der Waals surface area contributed by atoms with Gasteiger partial charge in [0, 0.05) is 27.8 Å². The first-order valence-corrected chi connectivity index (χ1v) is 17.5. The molecular weight excluding hydrogens is 605 g/mol. The van der Waals surface area contributed by atoms with Gasteiger partial charge in [-0.25, -0.2) is 0 Å². The van der Waals surface area contributed by atoms with Gasteiger partial charge in [-0.05, 0) is 116 Å². The molecule has 2 heteroatoms. The molecule has 234 valence electrons. The molecule has 1 unspecified atom stereocenters. The summed E-state index contributed by atoms with van der Waals surface area (Å²) in [7, 11) is 0. The minimum absolute atomic E-state index is 0.144. The number of hydrogen-bond donors (Lipinski definition) is 0. The molecule has 2 nitrogen and oxygen atoms in total. The van der Waals surface area contributed by atoms with Gasteiger partial charge in [0.15, 0.2) is 0 Å². The maximum Gasteiger partial charge on any atom is 0.0566 e. The summed E-state index contributed by atoms with van der Waals surface area (Å²) in [5, 5.41) is 10.4. The van der Waals surface area contributed by atoms with E-state index < -0.39 is 0 Å². The first-order chi connectivity index (χ1) is 24.8. The molecular formula is C48H32N2. The van der Waals surface area contributed by atoms with Crippen LogP contribution in [0, 0.1) is 0 Å². The SMILES string of the molecule is C1=C2C(=CC(N(c3ccccc3)c3ccc4c(c3)c3ccccc3n4-c3ccc4ccccc4c3)C1)c1c3ccccc3cc3cccc2c13. The van der Waals surface area contributed by atoms with Gasteiger partial charge in [0.05, 0.1) is 17.1 Å². The van der Waals surface area contributed by atoms with Crippen molar-refractivity contribution in [2.75, 3.05) is 4.90 Å². The molecule has 9 aromatic rings. The van der Waals surface area contributed by atoms with E-state index >= 15 is 0 Å². The summed E-state index contributed by atoms with van der Waals surface area (Å²) in [4.78, 5) is 2.55. The fourth-order valence-electron chi connectivity index (χ4n) is 8.80. The van der Waals surface area contributed by atoms with E-state index in [1.165, 1.54) is 93.5 Å². The summed E-state index contributed by atoms with van der Waals surface area (Å²) < 4.78 is 2.42. The molecule has 0 spiro atoms. The van der Waals surface area contributed by atoms with E-state index in [0.717, 1.165) is 6.42 Å². The van der Waals surface area contributed by atoms with Crippen molar-refractivity contribution in [2.24, 2.45) is 0 Å². The third-order valence-electron chi connectivity index (χ3n) is 11.0. The highest BCUT2D eigenvalue weighted by atomic mass is 15.2. The van der Waals surface area contributed by atoms with E-state index in [1.54, 1.807) is 0 Å². The summed E-state index contributed by atoms with van der Waals surface area (Å²) in [5.41, 5.74) is 11.5. The smallest absolute Gasteiger partial charge is 0.0566 e. The van der Waals surface area contributed by atoms with Gasteiger partial charge in [-0.15, -0.1) is 0 Å². The highest BCUT2D eigenvalue weighted by molar-refractivity contribution is 6.28. The first kappa shape index (κ1) is 27.6. The molecule has 1 atom stereocenters. The van der Waals surface area contributed by atoms with Crippen LogP contribution in [0.25, 0.3) is 71.0 Å². The van der Waals surface area contributed by atoms with Crippen molar-refractivity contribution in [3.05, 3.63) is 187 Å². The van der Waals surface area contributed by atoms with Gasteiger partial charge in [0.2, 0.25) is 0 Å². The lowest BCUT2D eigenvalue weighted by atomic mass is 9.90. The molecule has 0 amide bonds. The molecule has 11 rings (SSSR count). The number of allylic oxidation sites excluding steroid dienone is 2. The van der Waals surface area contributed by atoms with Crippen LogP contribution in [0.5, 0.6) is 0 Å². The predicted molar refractivity (Wildman–Crippen MR) is 213 cm³/mol. The van der Waals surface area contributed by atoms with Gasteiger partial charge in [-0.1, -0.05) is 121 Å². The summed E-state index contributed by atoms with van der Waals surface area (Å²) in [6.07, 6.45) is 5.96. The summed E-state index contributed by atoms with van der Waals surface area (Å²) in [5.74, 6) is 0. The van der Waals surface area contributed by atoms with Crippen LogP contribution in [-0.2, 0) is 0 Å². The lowest BCUT2D eigenvalue weighted by Gasteiger charge is -2.34.